The number of nitrogens with one attached hydrogen (secondary N) is 1. The molecule has 15 heteroatoms. The number of likely N-dealkylation sites (N-methyl/N-ethyl adjacent to an activating group) is 1. The van der Waals surface area contributed by atoms with Gasteiger partial charge in [-0.2, -0.15) is 5.26 Å². The van der Waals surface area contributed by atoms with E-state index in [-0.39, 0.29) is 48.2 Å². The molecule has 7 aliphatic rings. The average Bonchev–Trinajstić information content (AvgIpc) is 3.64. The zero-order chi connectivity index (χ0) is 38.0. The third kappa shape index (κ3) is 4.63. The Kier molecular flexibility index (Phi) is 7.95. The lowest BCUT2D eigenvalue weighted by Gasteiger charge is -2.62. The van der Waals surface area contributed by atoms with Crippen molar-refractivity contribution in [3.05, 3.63) is 62.7 Å². The van der Waals surface area contributed by atoms with E-state index in [1.165, 1.54) is 25.8 Å². The van der Waals surface area contributed by atoms with E-state index in [9.17, 15) is 30.2 Å². The van der Waals surface area contributed by atoms with Crippen LogP contribution in [0.15, 0.2) is 18.2 Å². The molecular formula is C39H40N4O10S. The molecule has 1 spiro atoms. The molecule has 2 fully saturated rings. The number of hydrogen-bond acceptors (Lipinski definition) is 15. The zero-order valence-electron chi connectivity index (χ0n) is 30.4. The molecule has 14 nitrogen and oxygen atoms in total. The lowest BCUT2D eigenvalue weighted by molar-refractivity contribution is -0.157. The fourth-order valence-electron chi connectivity index (χ4n) is 9.94. The van der Waals surface area contributed by atoms with Crippen LogP contribution in [-0.4, -0.2) is 95.0 Å². The summed E-state index contributed by atoms with van der Waals surface area (Å²) in [5.41, 5.74) is 3.79. The van der Waals surface area contributed by atoms with Gasteiger partial charge in [-0.25, -0.2) is 4.79 Å². The summed E-state index contributed by atoms with van der Waals surface area (Å²) in [5, 5.41) is 47.5. The second-order valence-electron chi connectivity index (χ2n) is 14.9. The van der Waals surface area contributed by atoms with Gasteiger partial charge in [-0.1, -0.05) is 6.07 Å². The molecule has 54 heavy (non-hydrogen) atoms. The van der Waals surface area contributed by atoms with Crippen molar-refractivity contribution >= 4 is 23.7 Å². The minimum atomic E-state index is -1.38. The van der Waals surface area contributed by atoms with Crippen molar-refractivity contribution in [2.75, 3.05) is 39.9 Å². The van der Waals surface area contributed by atoms with Crippen molar-refractivity contribution < 1.29 is 48.6 Å². The smallest absolute Gasteiger partial charge is 0.331 e. The van der Waals surface area contributed by atoms with Crippen LogP contribution in [0.2, 0.25) is 0 Å². The maximum absolute atomic E-state index is 14.7. The number of nitrogens with zero attached hydrogens (tertiary/aromatic N) is 3. The lowest BCUT2D eigenvalue weighted by Crippen LogP contribution is -2.69. The number of aryl methyl sites for hydroxylation is 1. The number of carbonyl (C=O) groups excluding carboxylic acids is 2. The summed E-state index contributed by atoms with van der Waals surface area (Å²) in [6.45, 7) is 5.03. The van der Waals surface area contributed by atoms with Crippen LogP contribution in [0, 0.1) is 25.2 Å². The summed E-state index contributed by atoms with van der Waals surface area (Å²) in [7, 11) is 3.39. The number of hydrogen-bond donors (Lipinski definition) is 4. The highest BCUT2D eigenvalue weighted by Gasteiger charge is 2.61. The first-order valence-electron chi connectivity index (χ1n) is 17.9. The normalized spacial score (nSPS) is 29.3. The quantitative estimate of drug-likeness (QED) is 0.169. The molecule has 4 N–H and O–H groups in total. The van der Waals surface area contributed by atoms with Crippen molar-refractivity contribution in [3.63, 3.8) is 0 Å². The topological polar surface area (TPSA) is 183 Å². The van der Waals surface area contributed by atoms with Crippen LogP contribution in [0.5, 0.6) is 40.2 Å². The van der Waals surface area contributed by atoms with Crippen LogP contribution in [-0.2, 0) is 32.7 Å². The number of methoxy groups -OCH3 is 1. The number of esters is 2. The number of rotatable bonds is 2. The zero-order valence-corrected chi connectivity index (χ0v) is 31.2. The molecule has 10 rings (SSSR count). The van der Waals surface area contributed by atoms with Crippen LogP contribution in [0.3, 0.4) is 0 Å². The molecule has 3 aromatic carbocycles. The molecule has 7 heterocycles. The van der Waals surface area contributed by atoms with E-state index in [1.54, 1.807) is 19.1 Å². The molecule has 7 aliphatic heterocycles. The number of aromatic hydroxyl groups is 3. The number of thioether (sulfide) groups is 1. The van der Waals surface area contributed by atoms with Crippen molar-refractivity contribution in [3.8, 4) is 46.3 Å². The summed E-state index contributed by atoms with van der Waals surface area (Å²) in [5.74, 6) is -0.0274. The maximum atomic E-state index is 14.7. The average molecular weight is 757 g/mol. The highest BCUT2D eigenvalue weighted by molar-refractivity contribution is 7.99. The predicted molar refractivity (Wildman–Crippen MR) is 193 cm³/mol. The number of ether oxygens (including phenoxy) is 5. The Morgan fingerprint density at radius 1 is 1.07 bits per heavy atom. The standard InChI is InChI=1S/C39H40N4O10S/c1-16-8-20-9-22-23(12-40)43-24-13-50-38(48)39(21-11-26(49-5)25(45)10-19(21)6-7-41-39)14-54-37(31(43)30(42(22)4)27(20)33(47)32(16)46)29-28(24)36-35(51-15-52-36)17(2)34(29)53-18(3)44/h8,10-11,22-24,30-31,37,41,45-47H,6-7,9,13-15H2,1-5H3/t22-,23-,24-,30?,31?,37+,39+/m0/s1. The predicted octanol–water partition coefficient (Wildman–Crippen LogP) is 3.68. The van der Waals surface area contributed by atoms with E-state index in [0.29, 0.717) is 70.0 Å². The van der Waals surface area contributed by atoms with Crippen molar-refractivity contribution in [1.82, 2.24) is 15.1 Å². The molecule has 0 saturated carbocycles. The largest absolute Gasteiger partial charge is 0.504 e. The number of carbonyl (C=O) groups is 2. The lowest BCUT2D eigenvalue weighted by atomic mass is 9.71. The number of phenols is 3. The van der Waals surface area contributed by atoms with E-state index in [2.05, 4.69) is 21.2 Å². The Morgan fingerprint density at radius 3 is 2.59 bits per heavy atom. The monoisotopic (exact) mass is 756 g/mol. The van der Waals surface area contributed by atoms with Gasteiger partial charge in [0.15, 0.2) is 40.0 Å². The van der Waals surface area contributed by atoms with Gasteiger partial charge in [-0.05, 0) is 68.1 Å². The molecule has 0 amide bonds. The van der Waals surface area contributed by atoms with Crippen molar-refractivity contribution in [1.29, 1.82) is 5.26 Å². The molecule has 0 aliphatic carbocycles. The summed E-state index contributed by atoms with van der Waals surface area (Å²) < 4.78 is 30.2. The SMILES string of the molecule is COc1cc2c(cc1O)CCN[C@]21CS[C@@H]2c3c(OC(C)=O)c(C)c4c(c3[C@H](COC1=O)N1C2C2c3c(cc(C)c(O)c3O)C[C@@H]([C@@H]1C#N)N2C)OCO4. The Morgan fingerprint density at radius 2 is 1.85 bits per heavy atom. The van der Waals surface area contributed by atoms with Gasteiger partial charge in [0.2, 0.25) is 6.79 Å². The first kappa shape index (κ1) is 34.9. The molecular weight excluding hydrogens is 717 g/mol. The van der Waals surface area contributed by atoms with E-state index >= 15 is 0 Å². The maximum Gasteiger partial charge on any atom is 0.331 e. The molecule has 4 bridgehead atoms. The first-order valence-corrected chi connectivity index (χ1v) is 19.0. The van der Waals surface area contributed by atoms with E-state index in [1.807, 2.05) is 20.0 Å². The summed E-state index contributed by atoms with van der Waals surface area (Å²) in [4.78, 5) is 31.8. The van der Waals surface area contributed by atoms with Gasteiger partial charge in [-0.3, -0.25) is 19.9 Å². The van der Waals surface area contributed by atoms with E-state index < -0.39 is 46.9 Å². The Balaban J connectivity index is 1.33. The van der Waals surface area contributed by atoms with Crippen LogP contribution < -0.4 is 24.3 Å². The third-order valence-electron chi connectivity index (χ3n) is 12.3. The number of piperazine rings is 1. The van der Waals surface area contributed by atoms with Crippen LogP contribution >= 0.6 is 11.8 Å². The van der Waals surface area contributed by atoms with E-state index in [0.717, 1.165) is 11.1 Å². The molecule has 3 aromatic rings. The molecule has 0 radical (unpaired) electrons. The van der Waals surface area contributed by atoms with Crippen molar-refractivity contribution in [2.24, 2.45) is 0 Å². The third-order valence-corrected chi connectivity index (χ3v) is 13.7. The summed E-state index contributed by atoms with van der Waals surface area (Å²) in [6.07, 6.45) is 0.979. The highest BCUT2D eigenvalue weighted by atomic mass is 32.2. The molecule has 2 saturated heterocycles. The molecule has 7 atom stereocenters. The second kappa shape index (κ2) is 12.3. The van der Waals surface area contributed by atoms with Gasteiger partial charge in [0.25, 0.3) is 0 Å². The van der Waals surface area contributed by atoms with Gasteiger partial charge < -0.3 is 39.0 Å². The first-order chi connectivity index (χ1) is 25.9. The Labute approximate surface area is 315 Å². The van der Waals surface area contributed by atoms with Gasteiger partial charge in [0.05, 0.1) is 30.5 Å². The van der Waals surface area contributed by atoms with Gasteiger partial charge >= 0.3 is 11.9 Å². The number of benzene rings is 3. The number of phenolic OH excluding ortho intramolecular Hbond substituents is 3. The van der Waals surface area contributed by atoms with Crippen molar-refractivity contribution in [2.45, 2.75) is 74.6 Å². The van der Waals surface area contributed by atoms with Gasteiger partial charge in [0.1, 0.15) is 18.4 Å². The summed E-state index contributed by atoms with van der Waals surface area (Å²) >= 11 is 1.44. The Hall–Kier alpha value is -4.88. The number of nitriles is 1. The molecule has 282 valence electrons. The minimum absolute atomic E-state index is 0.0352. The van der Waals surface area contributed by atoms with Crippen LogP contribution in [0.1, 0.15) is 68.8 Å². The number of fused-ring (bicyclic) bond motifs is 9. The highest BCUT2D eigenvalue weighted by Crippen LogP contribution is 2.64. The minimum Gasteiger partial charge on any atom is -0.504 e. The fraction of sp³-hybridized carbons (Fsp3) is 0.462. The second-order valence-corrected chi connectivity index (χ2v) is 16.0. The Bertz CT molecular complexity index is 2210. The summed E-state index contributed by atoms with van der Waals surface area (Å²) in [6, 6.07) is 4.81. The van der Waals surface area contributed by atoms with Gasteiger partial charge in [-0.15, -0.1) is 11.8 Å². The van der Waals surface area contributed by atoms with E-state index in [4.69, 9.17) is 23.7 Å². The fourth-order valence-corrected chi connectivity index (χ4v) is 11.6. The van der Waals surface area contributed by atoms with Crippen LogP contribution in [0.25, 0.3) is 0 Å². The van der Waals surface area contributed by atoms with Crippen LogP contribution in [0.4, 0.5) is 0 Å². The molecule has 0 aromatic heterocycles. The molecule has 2 unspecified atom stereocenters. The van der Waals surface area contributed by atoms with Gasteiger partial charge in [0, 0.05) is 53.6 Å².